The van der Waals surface area contributed by atoms with Crippen LogP contribution in [0.1, 0.15) is 5.56 Å². The number of hydrogen-bond donors (Lipinski definition) is 2. The van der Waals surface area contributed by atoms with E-state index >= 15 is 0 Å². The van der Waals surface area contributed by atoms with E-state index in [0.717, 1.165) is 19.2 Å². The average Bonchev–Trinajstić information content (AvgIpc) is 2.60. The third kappa shape index (κ3) is 1.43. The van der Waals surface area contributed by atoms with Crippen LogP contribution < -0.4 is 0 Å². The van der Waals surface area contributed by atoms with E-state index in [0.29, 0.717) is 0 Å². The first-order valence-corrected chi connectivity index (χ1v) is 5.68. The van der Waals surface area contributed by atoms with Crippen molar-refractivity contribution < 1.29 is 10.2 Å². The van der Waals surface area contributed by atoms with Gasteiger partial charge in [-0.15, -0.1) is 11.3 Å². The molecule has 1 heterocycles. The number of phenolic OH excluding ortho intramolecular Hbond substituents is 1. The SMILES string of the molecule is OCc1cc(O)c(I)c2ccsc12. The van der Waals surface area contributed by atoms with Crippen molar-refractivity contribution in [1.29, 1.82) is 0 Å². The quantitative estimate of drug-likeness (QED) is 0.795. The number of fused-ring (bicyclic) bond motifs is 1. The van der Waals surface area contributed by atoms with E-state index in [9.17, 15) is 5.11 Å². The van der Waals surface area contributed by atoms with Crippen molar-refractivity contribution in [3.8, 4) is 5.75 Å². The molecule has 0 fully saturated rings. The second-order valence-corrected chi connectivity index (χ2v) is 4.69. The molecular weight excluding hydrogens is 299 g/mol. The van der Waals surface area contributed by atoms with E-state index in [-0.39, 0.29) is 12.4 Å². The summed E-state index contributed by atoms with van der Waals surface area (Å²) < 4.78 is 1.91. The first kappa shape index (κ1) is 9.23. The predicted octanol–water partition coefficient (Wildman–Crippen LogP) is 2.70. The number of rotatable bonds is 1. The van der Waals surface area contributed by atoms with Crippen LogP contribution in [-0.2, 0) is 6.61 Å². The maximum absolute atomic E-state index is 9.53. The zero-order valence-electron chi connectivity index (χ0n) is 6.62. The summed E-state index contributed by atoms with van der Waals surface area (Å²) in [4.78, 5) is 0. The van der Waals surface area contributed by atoms with Crippen LogP contribution in [0.25, 0.3) is 10.1 Å². The molecule has 0 amide bonds. The molecular formula is C9H7IO2S. The maximum Gasteiger partial charge on any atom is 0.129 e. The van der Waals surface area contributed by atoms with Crippen LogP contribution in [0, 0.1) is 3.57 Å². The summed E-state index contributed by atoms with van der Waals surface area (Å²) in [5.74, 6) is 0.246. The highest BCUT2D eigenvalue weighted by molar-refractivity contribution is 14.1. The molecule has 1 aromatic heterocycles. The Labute approximate surface area is 93.0 Å². The van der Waals surface area contributed by atoms with E-state index in [1.807, 2.05) is 11.4 Å². The second-order valence-electron chi connectivity index (χ2n) is 2.69. The minimum atomic E-state index is -0.0263. The largest absolute Gasteiger partial charge is 0.507 e. The molecule has 2 aromatic rings. The first-order chi connectivity index (χ1) is 6.24. The molecule has 13 heavy (non-hydrogen) atoms. The second kappa shape index (κ2) is 3.43. The summed E-state index contributed by atoms with van der Waals surface area (Å²) in [6, 6.07) is 3.58. The molecule has 0 aliphatic heterocycles. The third-order valence-corrected chi connectivity index (χ3v) is 4.02. The van der Waals surface area contributed by atoms with Crippen molar-refractivity contribution in [2.75, 3.05) is 0 Å². The number of aromatic hydroxyl groups is 1. The highest BCUT2D eigenvalue weighted by Crippen LogP contribution is 2.34. The Kier molecular flexibility index (Phi) is 2.44. The lowest BCUT2D eigenvalue weighted by atomic mass is 10.1. The van der Waals surface area contributed by atoms with Crippen LogP contribution in [0.3, 0.4) is 0 Å². The van der Waals surface area contributed by atoms with Gasteiger partial charge in [0, 0.05) is 10.1 Å². The summed E-state index contributed by atoms with van der Waals surface area (Å²) in [6.45, 7) is -0.0263. The van der Waals surface area contributed by atoms with E-state index in [2.05, 4.69) is 22.6 Å². The van der Waals surface area contributed by atoms with E-state index in [1.54, 1.807) is 17.4 Å². The fraction of sp³-hybridized carbons (Fsp3) is 0.111. The standard InChI is InChI=1S/C9H7IO2S/c10-8-6-1-2-13-9(6)5(4-11)3-7(8)12/h1-3,11-12H,4H2. The Hall–Kier alpha value is -0.330. The van der Waals surface area contributed by atoms with Crippen LogP contribution in [-0.4, -0.2) is 10.2 Å². The normalized spacial score (nSPS) is 10.9. The number of hydrogen-bond acceptors (Lipinski definition) is 3. The number of halogens is 1. The predicted molar refractivity (Wildman–Crippen MR) is 62.1 cm³/mol. The van der Waals surface area contributed by atoms with E-state index in [1.165, 1.54) is 0 Å². The highest BCUT2D eigenvalue weighted by atomic mass is 127. The van der Waals surface area contributed by atoms with Crippen molar-refractivity contribution in [2.24, 2.45) is 0 Å². The number of aliphatic hydroxyl groups is 1. The van der Waals surface area contributed by atoms with Crippen LogP contribution >= 0.6 is 33.9 Å². The highest BCUT2D eigenvalue weighted by Gasteiger charge is 2.09. The molecule has 1 aromatic carbocycles. The van der Waals surface area contributed by atoms with Crippen LogP contribution in [0.15, 0.2) is 17.5 Å². The third-order valence-electron chi connectivity index (χ3n) is 1.90. The Balaban J connectivity index is 2.87. The first-order valence-electron chi connectivity index (χ1n) is 3.72. The summed E-state index contributed by atoms with van der Waals surface area (Å²) in [6.07, 6.45) is 0. The van der Waals surface area contributed by atoms with Crippen molar-refractivity contribution in [2.45, 2.75) is 6.61 Å². The molecule has 4 heteroatoms. The van der Waals surface area contributed by atoms with Crippen molar-refractivity contribution in [3.63, 3.8) is 0 Å². The molecule has 2 N–H and O–H groups in total. The topological polar surface area (TPSA) is 40.5 Å². The number of phenols is 1. The van der Waals surface area contributed by atoms with Gasteiger partial charge in [0.2, 0.25) is 0 Å². The Bertz CT molecular complexity index is 450. The van der Waals surface area contributed by atoms with Crippen LogP contribution in [0.5, 0.6) is 5.75 Å². The maximum atomic E-state index is 9.53. The van der Waals surface area contributed by atoms with E-state index < -0.39 is 0 Å². The molecule has 0 saturated heterocycles. The van der Waals surface area contributed by atoms with Crippen molar-refractivity contribution in [3.05, 3.63) is 26.6 Å². The fourth-order valence-electron chi connectivity index (χ4n) is 1.28. The molecule has 0 spiro atoms. The van der Waals surface area contributed by atoms with Gasteiger partial charge in [-0.2, -0.15) is 0 Å². The minimum absolute atomic E-state index is 0.0263. The molecule has 0 saturated carbocycles. The molecule has 0 aliphatic rings. The van der Waals surface area contributed by atoms with Gasteiger partial charge in [0.05, 0.1) is 10.2 Å². The lowest BCUT2D eigenvalue weighted by Crippen LogP contribution is -1.85. The Morgan fingerprint density at radius 1 is 1.46 bits per heavy atom. The number of aliphatic hydroxyl groups excluding tert-OH is 1. The molecule has 68 valence electrons. The molecule has 2 rings (SSSR count). The lowest BCUT2D eigenvalue weighted by molar-refractivity contribution is 0.283. The number of benzene rings is 1. The fourth-order valence-corrected chi connectivity index (χ4v) is 2.98. The van der Waals surface area contributed by atoms with Gasteiger partial charge in [-0.1, -0.05) is 0 Å². The van der Waals surface area contributed by atoms with Crippen LogP contribution in [0.2, 0.25) is 0 Å². The monoisotopic (exact) mass is 306 g/mol. The zero-order valence-corrected chi connectivity index (χ0v) is 9.59. The summed E-state index contributed by atoms with van der Waals surface area (Å²) in [5, 5.41) is 21.6. The van der Waals surface area contributed by atoms with Gasteiger partial charge < -0.3 is 10.2 Å². The minimum Gasteiger partial charge on any atom is -0.507 e. The molecule has 0 atom stereocenters. The van der Waals surface area contributed by atoms with Crippen LogP contribution in [0.4, 0.5) is 0 Å². The zero-order chi connectivity index (χ0) is 9.42. The molecule has 0 aliphatic carbocycles. The van der Waals surface area contributed by atoms with Gasteiger partial charge in [0.15, 0.2) is 0 Å². The summed E-state index contributed by atoms with van der Waals surface area (Å²) >= 11 is 3.69. The van der Waals surface area contributed by atoms with E-state index in [4.69, 9.17) is 5.11 Å². The average molecular weight is 306 g/mol. The molecule has 0 bridgehead atoms. The van der Waals surface area contributed by atoms with Gasteiger partial charge >= 0.3 is 0 Å². The smallest absolute Gasteiger partial charge is 0.129 e. The molecule has 0 unspecified atom stereocenters. The van der Waals surface area contributed by atoms with Gasteiger partial charge in [-0.25, -0.2) is 0 Å². The number of thiophene rings is 1. The molecule has 2 nitrogen and oxygen atoms in total. The Morgan fingerprint density at radius 2 is 2.23 bits per heavy atom. The van der Waals surface area contributed by atoms with Gasteiger partial charge in [0.25, 0.3) is 0 Å². The van der Waals surface area contributed by atoms with Crippen molar-refractivity contribution in [1.82, 2.24) is 0 Å². The summed E-state index contributed by atoms with van der Waals surface area (Å²) in [5.41, 5.74) is 0.794. The summed E-state index contributed by atoms with van der Waals surface area (Å²) in [7, 11) is 0. The van der Waals surface area contributed by atoms with Crippen molar-refractivity contribution >= 4 is 44.0 Å². The van der Waals surface area contributed by atoms with Gasteiger partial charge in [-0.05, 0) is 45.7 Å². The Morgan fingerprint density at radius 3 is 2.92 bits per heavy atom. The lowest BCUT2D eigenvalue weighted by Gasteiger charge is -2.03. The van der Waals surface area contributed by atoms with Gasteiger partial charge in [-0.3, -0.25) is 0 Å². The van der Waals surface area contributed by atoms with Gasteiger partial charge in [0.1, 0.15) is 5.75 Å². The molecule has 0 radical (unpaired) electrons.